The topological polar surface area (TPSA) is 44.8 Å². The lowest BCUT2D eigenvalue weighted by Crippen LogP contribution is -1.98. The summed E-state index contributed by atoms with van der Waals surface area (Å²) in [6, 6.07) is 10.9. The first kappa shape index (κ1) is 17.1. The maximum Gasteiger partial charge on any atom is 0.203 e. The lowest BCUT2D eigenvalue weighted by Gasteiger charge is -2.13. The second kappa shape index (κ2) is 7.83. The molecule has 0 heterocycles. The second-order valence-corrected chi connectivity index (χ2v) is 5.46. The fourth-order valence-corrected chi connectivity index (χ4v) is 2.65. The van der Waals surface area contributed by atoms with Crippen LogP contribution in [0.15, 0.2) is 46.9 Å². The second-order valence-electron chi connectivity index (χ2n) is 4.60. The van der Waals surface area contributed by atoms with Crippen molar-refractivity contribution in [1.29, 1.82) is 0 Å². The molecule has 2 aromatic carbocycles. The van der Waals surface area contributed by atoms with Crippen molar-refractivity contribution in [2.24, 2.45) is 0 Å². The van der Waals surface area contributed by atoms with Crippen LogP contribution in [-0.4, -0.2) is 27.1 Å². The molecule has 0 aliphatic rings. The van der Waals surface area contributed by atoms with E-state index in [1.165, 1.54) is 6.08 Å². The summed E-state index contributed by atoms with van der Waals surface area (Å²) in [4.78, 5) is 12.3. The molecule has 0 radical (unpaired) electrons. The van der Waals surface area contributed by atoms with Crippen molar-refractivity contribution in [2.45, 2.75) is 0 Å². The number of allylic oxidation sites excluding steroid dienone is 1. The van der Waals surface area contributed by atoms with E-state index in [1.807, 2.05) is 24.3 Å². The SMILES string of the molecule is COc1ccc(/C=C/C(=O)c2ccccc2Br)c(OC)c1OC. The van der Waals surface area contributed by atoms with Gasteiger partial charge in [-0.3, -0.25) is 4.79 Å². The van der Waals surface area contributed by atoms with Gasteiger partial charge in [-0.05, 0) is 36.4 Å². The minimum atomic E-state index is -0.102. The first-order valence-electron chi connectivity index (χ1n) is 6.88. The van der Waals surface area contributed by atoms with Gasteiger partial charge in [0.1, 0.15) is 0 Å². The Labute approximate surface area is 143 Å². The van der Waals surface area contributed by atoms with Crippen LogP contribution >= 0.6 is 15.9 Å². The first-order chi connectivity index (χ1) is 11.1. The number of carbonyl (C=O) groups excluding carboxylic acids is 1. The number of benzene rings is 2. The van der Waals surface area contributed by atoms with Gasteiger partial charge in [0.15, 0.2) is 17.3 Å². The Morgan fingerprint density at radius 2 is 1.65 bits per heavy atom. The van der Waals surface area contributed by atoms with Crippen molar-refractivity contribution in [2.75, 3.05) is 21.3 Å². The third-order valence-electron chi connectivity index (χ3n) is 3.29. The summed E-state index contributed by atoms with van der Waals surface area (Å²) >= 11 is 3.38. The van der Waals surface area contributed by atoms with Crippen LogP contribution in [0.1, 0.15) is 15.9 Å². The van der Waals surface area contributed by atoms with Crippen LogP contribution in [0.4, 0.5) is 0 Å². The molecular formula is C18H17BrO4. The monoisotopic (exact) mass is 376 g/mol. The smallest absolute Gasteiger partial charge is 0.203 e. The lowest BCUT2D eigenvalue weighted by atomic mass is 10.1. The number of ketones is 1. The predicted molar refractivity (Wildman–Crippen MR) is 93.6 cm³/mol. The van der Waals surface area contributed by atoms with E-state index in [-0.39, 0.29) is 5.78 Å². The highest BCUT2D eigenvalue weighted by atomic mass is 79.9. The third-order valence-corrected chi connectivity index (χ3v) is 3.98. The molecule has 0 saturated carbocycles. The van der Waals surface area contributed by atoms with Gasteiger partial charge in [0.05, 0.1) is 21.3 Å². The van der Waals surface area contributed by atoms with Crippen LogP contribution in [0.5, 0.6) is 17.2 Å². The molecule has 0 atom stereocenters. The Balaban J connectivity index is 2.36. The van der Waals surface area contributed by atoms with E-state index in [9.17, 15) is 4.79 Å². The summed E-state index contributed by atoms with van der Waals surface area (Å²) in [5, 5.41) is 0. The van der Waals surface area contributed by atoms with Crippen molar-refractivity contribution in [1.82, 2.24) is 0 Å². The van der Waals surface area contributed by atoms with E-state index in [2.05, 4.69) is 15.9 Å². The van der Waals surface area contributed by atoms with E-state index in [4.69, 9.17) is 14.2 Å². The summed E-state index contributed by atoms with van der Waals surface area (Å²) in [6.07, 6.45) is 3.20. The van der Waals surface area contributed by atoms with Gasteiger partial charge in [0, 0.05) is 15.6 Å². The fourth-order valence-electron chi connectivity index (χ4n) is 2.17. The molecule has 2 aromatic rings. The highest BCUT2D eigenvalue weighted by Crippen LogP contribution is 2.40. The van der Waals surface area contributed by atoms with Gasteiger partial charge < -0.3 is 14.2 Å². The highest BCUT2D eigenvalue weighted by molar-refractivity contribution is 9.10. The molecule has 0 bridgehead atoms. The number of methoxy groups -OCH3 is 3. The molecule has 0 aromatic heterocycles. The average molecular weight is 377 g/mol. The number of hydrogen-bond acceptors (Lipinski definition) is 4. The van der Waals surface area contributed by atoms with Crippen molar-refractivity contribution in [3.05, 3.63) is 58.1 Å². The summed E-state index contributed by atoms with van der Waals surface area (Å²) in [7, 11) is 4.65. The highest BCUT2D eigenvalue weighted by Gasteiger charge is 2.14. The molecule has 0 unspecified atom stereocenters. The molecule has 0 aliphatic heterocycles. The Hall–Kier alpha value is -2.27. The predicted octanol–water partition coefficient (Wildman–Crippen LogP) is 4.37. The molecule has 0 saturated heterocycles. The van der Waals surface area contributed by atoms with Crippen LogP contribution in [-0.2, 0) is 0 Å². The molecule has 0 fully saturated rings. The molecule has 5 heteroatoms. The van der Waals surface area contributed by atoms with Gasteiger partial charge >= 0.3 is 0 Å². The Morgan fingerprint density at radius 1 is 0.957 bits per heavy atom. The maximum atomic E-state index is 12.3. The van der Waals surface area contributed by atoms with Crippen molar-refractivity contribution >= 4 is 27.8 Å². The minimum Gasteiger partial charge on any atom is -0.493 e. The van der Waals surface area contributed by atoms with Gasteiger partial charge in [-0.2, -0.15) is 0 Å². The lowest BCUT2D eigenvalue weighted by molar-refractivity contribution is 0.104. The zero-order valence-corrected chi connectivity index (χ0v) is 14.7. The summed E-state index contributed by atoms with van der Waals surface area (Å²) in [5.74, 6) is 1.47. The molecule has 4 nitrogen and oxygen atoms in total. The van der Waals surface area contributed by atoms with Gasteiger partial charge in [0.25, 0.3) is 0 Å². The van der Waals surface area contributed by atoms with Gasteiger partial charge in [-0.1, -0.05) is 28.1 Å². The molecule has 0 amide bonds. The van der Waals surface area contributed by atoms with Crippen LogP contribution in [0, 0.1) is 0 Å². The van der Waals surface area contributed by atoms with Crippen LogP contribution in [0.3, 0.4) is 0 Å². The first-order valence-corrected chi connectivity index (χ1v) is 7.67. The van der Waals surface area contributed by atoms with Crippen molar-refractivity contribution in [3.63, 3.8) is 0 Å². The minimum absolute atomic E-state index is 0.102. The fraction of sp³-hybridized carbons (Fsp3) is 0.167. The Morgan fingerprint density at radius 3 is 2.26 bits per heavy atom. The van der Waals surface area contributed by atoms with E-state index in [0.29, 0.717) is 22.8 Å². The van der Waals surface area contributed by atoms with E-state index in [1.54, 1.807) is 39.5 Å². The number of carbonyl (C=O) groups is 1. The van der Waals surface area contributed by atoms with Crippen LogP contribution < -0.4 is 14.2 Å². The van der Waals surface area contributed by atoms with E-state index < -0.39 is 0 Å². The van der Waals surface area contributed by atoms with Gasteiger partial charge in [0.2, 0.25) is 5.75 Å². The third kappa shape index (κ3) is 3.74. The van der Waals surface area contributed by atoms with Crippen molar-refractivity contribution < 1.29 is 19.0 Å². The van der Waals surface area contributed by atoms with Crippen molar-refractivity contribution in [3.8, 4) is 17.2 Å². The normalized spacial score (nSPS) is 10.6. The van der Waals surface area contributed by atoms with Gasteiger partial charge in [-0.25, -0.2) is 0 Å². The number of hydrogen-bond donors (Lipinski definition) is 0. The van der Waals surface area contributed by atoms with E-state index >= 15 is 0 Å². The molecule has 23 heavy (non-hydrogen) atoms. The standard InChI is InChI=1S/C18H17BrO4/c1-21-16-11-9-12(17(22-2)18(16)23-3)8-10-15(20)13-6-4-5-7-14(13)19/h4-11H,1-3H3/b10-8+. The Kier molecular flexibility index (Phi) is 5.82. The quantitative estimate of drug-likeness (QED) is 0.554. The largest absolute Gasteiger partial charge is 0.493 e. The molecule has 0 aliphatic carbocycles. The summed E-state index contributed by atoms with van der Waals surface area (Å²) in [5.41, 5.74) is 1.33. The van der Waals surface area contributed by atoms with Crippen LogP contribution in [0.2, 0.25) is 0 Å². The zero-order valence-electron chi connectivity index (χ0n) is 13.1. The number of ether oxygens (including phenoxy) is 3. The Bertz CT molecular complexity index is 738. The molecule has 120 valence electrons. The van der Waals surface area contributed by atoms with Gasteiger partial charge in [-0.15, -0.1) is 0 Å². The summed E-state index contributed by atoms with van der Waals surface area (Å²) in [6.45, 7) is 0. The molecule has 2 rings (SSSR count). The number of halogens is 1. The van der Waals surface area contributed by atoms with Crippen LogP contribution in [0.25, 0.3) is 6.08 Å². The maximum absolute atomic E-state index is 12.3. The molecule has 0 N–H and O–H groups in total. The average Bonchev–Trinajstić information content (AvgIpc) is 2.58. The summed E-state index contributed by atoms with van der Waals surface area (Å²) < 4.78 is 16.7. The molecular weight excluding hydrogens is 360 g/mol. The van der Waals surface area contributed by atoms with E-state index in [0.717, 1.165) is 10.0 Å². The molecule has 0 spiro atoms. The number of rotatable bonds is 6. The zero-order chi connectivity index (χ0) is 16.8.